The predicted octanol–water partition coefficient (Wildman–Crippen LogP) is 2.36. The zero-order chi connectivity index (χ0) is 20.3. The summed E-state index contributed by atoms with van der Waals surface area (Å²) in [7, 11) is 0. The van der Waals surface area contributed by atoms with Gasteiger partial charge >= 0.3 is 5.97 Å². The number of nitrogens with one attached hydrogen (secondary N) is 1. The van der Waals surface area contributed by atoms with E-state index >= 15 is 0 Å². The van der Waals surface area contributed by atoms with Crippen LogP contribution in [0.2, 0.25) is 0 Å². The van der Waals surface area contributed by atoms with Crippen molar-refractivity contribution in [3.8, 4) is 0 Å². The lowest BCUT2D eigenvalue weighted by molar-refractivity contribution is -0.142. The van der Waals surface area contributed by atoms with Crippen molar-refractivity contribution in [2.75, 3.05) is 13.1 Å². The van der Waals surface area contributed by atoms with Gasteiger partial charge in [-0.2, -0.15) is 0 Å². The number of carboxylic acid groups (broad SMARTS) is 1. The molecule has 1 unspecified atom stereocenters. The van der Waals surface area contributed by atoms with Crippen LogP contribution in [0.5, 0.6) is 0 Å². The van der Waals surface area contributed by atoms with E-state index < -0.39 is 23.8 Å². The van der Waals surface area contributed by atoms with Gasteiger partial charge in [0, 0.05) is 19.0 Å². The van der Waals surface area contributed by atoms with Gasteiger partial charge < -0.3 is 19.7 Å². The molecular formula is C21H24N2O5. The number of amides is 2. The Bertz CT molecular complexity index is 832. The molecule has 2 aromatic rings. The summed E-state index contributed by atoms with van der Waals surface area (Å²) < 4.78 is 5.09. The molecule has 1 aliphatic heterocycles. The topological polar surface area (TPSA) is 99.9 Å². The van der Waals surface area contributed by atoms with Gasteiger partial charge in [0.15, 0.2) is 5.76 Å². The van der Waals surface area contributed by atoms with Crippen molar-refractivity contribution in [1.82, 2.24) is 10.2 Å². The second kappa shape index (κ2) is 8.29. The molecule has 1 aliphatic rings. The molecule has 1 saturated heterocycles. The van der Waals surface area contributed by atoms with Crippen LogP contribution in [0.25, 0.3) is 0 Å². The van der Waals surface area contributed by atoms with E-state index in [0.717, 1.165) is 5.56 Å². The lowest BCUT2D eigenvalue weighted by atomic mass is 9.89. The summed E-state index contributed by atoms with van der Waals surface area (Å²) in [6, 6.07) is 11.7. The van der Waals surface area contributed by atoms with E-state index in [2.05, 4.69) is 5.32 Å². The van der Waals surface area contributed by atoms with Crippen LogP contribution in [-0.2, 0) is 9.59 Å². The van der Waals surface area contributed by atoms with E-state index in [4.69, 9.17) is 4.42 Å². The van der Waals surface area contributed by atoms with Crippen LogP contribution in [-0.4, -0.2) is 46.9 Å². The van der Waals surface area contributed by atoms with Gasteiger partial charge in [0.2, 0.25) is 5.91 Å². The van der Waals surface area contributed by atoms with Crippen molar-refractivity contribution in [2.45, 2.75) is 25.8 Å². The van der Waals surface area contributed by atoms with Gasteiger partial charge in [-0.15, -0.1) is 0 Å². The Labute approximate surface area is 163 Å². The van der Waals surface area contributed by atoms with Crippen molar-refractivity contribution >= 4 is 17.8 Å². The quantitative estimate of drug-likeness (QED) is 0.796. The van der Waals surface area contributed by atoms with E-state index in [0.29, 0.717) is 6.54 Å². The SMILES string of the molecule is CC(C)C(NC(=O)c1ccco1)C(=O)N1C[C@H](C(=O)O)[C@H](c2ccccc2)C1. The van der Waals surface area contributed by atoms with Gasteiger partial charge in [0.1, 0.15) is 6.04 Å². The molecule has 2 heterocycles. The van der Waals surface area contributed by atoms with E-state index in [1.54, 1.807) is 11.0 Å². The molecule has 0 radical (unpaired) electrons. The van der Waals surface area contributed by atoms with Crippen LogP contribution < -0.4 is 5.32 Å². The first-order chi connectivity index (χ1) is 13.4. The summed E-state index contributed by atoms with van der Waals surface area (Å²) in [5.41, 5.74) is 0.894. The molecule has 2 N–H and O–H groups in total. The number of likely N-dealkylation sites (tertiary alicyclic amines) is 1. The third-order valence-electron chi connectivity index (χ3n) is 5.14. The maximum atomic E-state index is 13.1. The Morgan fingerprint density at radius 2 is 1.82 bits per heavy atom. The lowest BCUT2D eigenvalue weighted by Crippen LogP contribution is -2.50. The molecule has 7 heteroatoms. The highest BCUT2D eigenvalue weighted by Gasteiger charge is 2.42. The first kappa shape index (κ1) is 19.7. The van der Waals surface area contributed by atoms with Gasteiger partial charge in [0.25, 0.3) is 5.91 Å². The standard InChI is InChI=1S/C21H24N2O5/c1-13(2)18(22-19(24)17-9-6-10-28-17)20(25)23-11-15(16(12-23)21(26)27)14-7-4-3-5-8-14/h3-10,13,15-16,18H,11-12H2,1-2H3,(H,22,24)(H,26,27)/t15-,16-,18?/m0/s1. The summed E-state index contributed by atoms with van der Waals surface area (Å²) in [4.78, 5) is 38.8. The van der Waals surface area contributed by atoms with Gasteiger partial charge in [-0.3, -0.25) is 14.4 Å². The molecule has 1 aromatic carbocycles. The number of carbonyl (C=O) groups is 3. The molecule has 0 bridgehead atoms. The predicted molar refractivity (Wildman–Crippen MR) is 102 cm³/mol. The van der Waals surface area contributed by atoms with E-state index in [-0.39, 0.29) is 30.0 Å². The Hall–Kier alpha value is -3.09. The smallest absolute Gasteiger partial charge is 0.308 e. The Morgan fingerprint density at radius 3 is 2.39 bits per heavy atom. The normalized spacial score (nSPS) is 20.2. The monoisotopic (exact) mass is 384 g/mol. The first-order valence-electron chi connectivity index (χ1n) is 9.29. The van der Waals surface area contributed by atoms with Crippen LogP contribution in [0.1, 0.15) is 35.9 Å². The molecule has 148 valence electrons. The molecule has 1 aromatic heterocycles. The van der Waals surface area contributed by atoms with Crippen molar-refractivity contribution in [1.29, 1.82) is 0 Å². The summed E-state index contributed by atoms with van der Waals surface area (Å²) in [5.74, 6) is -2.66. The number of aliphatic carboxylic acids is 1. The number of furan rings is 1. The largest absolute Gasteiger partial charge is 0.481 e. The number of carboxylic acids is 1. The molecule has 0 aliphatic carbocycles. The second-order valence-corrected chi connectivity index (χ2v) is 7.38. The highest BCUT2D eigenvalue weighted by atomic mass is 16.4. The summed E-state index contributed by atoms with van der Waals surface area (Å²) in [6.07, 6.45) is 1.39. The Kier molecular flexibility index (Phi) is 5.82. The summed E-state index contributed by atoms with van der Waals surface area (Å²) in [5, 5.41) is 12.4. The fraction of sp³-hybridized carbons (Fsp3) is 0.381. The van der Waals surface area contributed by atoms with Crippen molar-refractivity contribution in [3.63, 3.8) is 0 Å². The average molecular weight is 384 g/mol. The van der Waals surface area contributed by atoms with Gasteiger partial charge in [-0.25, -0.2) is 0 Å². The van der Waals surface area contributed by atoms with Gasteiger partial charge in [0.05, 0.1) is 12.2 Å². The number of carbonyl (C=O) groups excluding carboxylic acids is 2. The molecule has 1 fully saturated rings. The van der Waals surface area contributed by atoms with E-state index in [1.165, 1.54) is 12.3 Å². The molecule has 3 atom stereocenters. The minimum absolute atomic E-state index is 0.119. The minimum Gasteiger partial charge on any atom is -0.481 e. The number of rotatable bonds is 6. The zero-order valence-corrected chi connectivity index (χ0v) is 15.9. The zero-order valence-electron chi connectivity index (χ0n) is 15.9. The van der Waals surface area contributed by atoms with Gasteiger partial charge in [-0.1, -0.05) is 44.2 Å². The van der Waals surface area contributed by atoms with Crippen LogP contribution in [0, 0.1) is 11.8 Å². The molecule has 2 amide bonds. The molecule has 0 saturated carbocycles. The molecule has 7 nitrogen and oxygen atoms in total. The van der Waals surface area contributed by atoms with Crippen LogP contribution in [0.3, 0.4) is 0 Å². The van der Waals surface area contributed by atoms with E-state index in [9.17, 15) is 19.5 Å². The van der Waals surface area contributed by atoms with Crippen LogP contribution in [0.15, 0.2) is 53.1 Å². The highest BCUT2D eigenvalue weighted by molar-refractivity contribution is 5.95. The van der Waals surface area contributed by atoms with Crippen molar-refractivity contribution in [3.05, 3.63) is 60.1 Å². The van der Waals surface area contributed by atoms with Crippen molar-refractivity contribution < 1.29 is 23.9 Å². The maximum absolute atomic E-state index is 13.1. The molecule has 3 rings (SSSR count). The number of benzene rings is 1. The third kappa shape index (κ3) is 4.08. The number of hydrogen-bond donors (Lipinski definition) is 2. The lowest BCUT2D eigenvalue weighted by Gasteiger charge is -2.26. The second-order valence-electron chi connectivity index (χ2n) is 7.38. The first-order valence-corrected chi connectivity index (χ1v) is 9.29. The summed E-state index contributed by atoms with van der Waals surface area (Å²) in [6.45, 7) is 4.10. The molecule has 0 spiro atoms. The highest BCUT2D eigenvalue weighted by Crippen LogP contribution is 2.33. The van der Waals surface area contributed by atoms with E-state index in [1.807, 2.05) is 44.2 Å². The summed E-state index contributed by atoms with van der Waals surface area (Å²) >= 11 is 0. The third-order valence-corrected chi connectivity index (χ3v) is 5.14. The fourth-order valence-corrected chi connectivity index (χ4v) is 3.60. The molecule has 28 heavy (non-hydrogen) atoms. The Balaban J connectivity index is 1.77. The molecular weight excluding hydrogens is 360 g/mol. The van der Waals surface area contributed by atoms with Gasteiger partial charge in [-0.05, 0) is 23.6 Å². The average Bonchev–Trinajstić information content (AvgIpc) is 3.35. The number of hydrogen-bond acceptors (Lipinski definition) is 4. The minimum atomic E-state index is -0.926. The fourth-order valence-electron chi connectivity index (χ4n) is 3.60. The Morgan fingerprint density at radius 1 is 1.11 bits per heavy atom. The van der Waals surface area contributed by atoms with Crippen LogP contribution in [0.4, 0.5) is 0 Å². The van der Waals surface area contributed by atoms with Crippen molar-refractivity contribution in [2.24, 2.45) is 11.8 Å². The number of nitrogens with zero attached hydrogens (tertiary/aromatic N) is 1. The maximum Gasteiger partial charge on any atom is 0.308 e. The van der Waals surface area contributed by atoms with Crippen LogP contribution >= 0.6 is 0 Å².